The fourth-order valence-electron chi connectivity index (χ4n) is 2.05. The van der Waals surface area contributed by atoms with Gasteiger partial charge in [-0.25, -0.2) is 9.97 Å². The topological polar surface area (TPSA) is 63.7 Å². The number of aromatic nitrogens is 3. The minimum absolute atomic E-state index is 0.263. The third kappa shape index (κ3) is 3.64. The van der Waals surface area contributed by atoms with Crippen molar-refractivity contribution < 1.29 is 4.74 Å². The molecule has 0 spiro atoms. The molecule has 2 rings (SSSR count). The van der Waals surface area contributed by atoms with E-state index in [9.17, 15) is 5.26 Å². The van der Waals surface area contributed by atoms with E-state index in [0.717, 1.165) is 34.5 Å². The van der Waals surface area contributed by atoms with Gasteiger partial charge in [-0.1, -0.05) is 11.8 Å². The summed E-state index contributed by atoms with van der Waals surface area (Å²) in [4.78, 5) is 8.94. The summed E-state index contributed by atoms with van der Waals surface area (Å²) in [6.45, 7) is 7.64. The van der Waals surface area contributed by atoms with E-state index in [1.54, 1.807) is 6.20 Å². The Labute approximate surface area is 130 Å². The molecular formula is C14H19N4OSSi+. The van der Waals surface area contributed by atoms with Gasteiger partial charge in [0.1, 0.15) is 18.4 Å². The summed E-state index contributed by atoms with van der Waals surface area (Å²) in [7, 11) is -0.263. The Bertz CT molecular complexity index is 678. The summed E-state index contributed by atoms with van der Waals surface area (Å²) in [6, 6.07) is 3.34. The highest BCUT2D eigenvalue weighted by molar-refractivity contribution is 7.98. The zero-order valence-corrected chi connectivity index (χ0v) is 14.6. The van der Waals surface area contributed by atoms with Crippen molar-refractivity contribution >= 4 is 31.6 Å². The highest BCUT2D eigenvalue weighted by Crippen LogP contribution is 2.24. The Morgan fingerprint density at radius 2 is 2.19 bits per heavy atom. The third-order valence-electron chi connectivity index (χ3n) is 3.16. The van der Waals surface area contributed by atoms with Crippen molar-refractivity contribution in [3.05, 3.63) is 17.5 Å². The van der Waals surface area contributed by atoms with Crippen LogP contribution in [0, 0.1) is 18.3 Å². The lowest BCUT2D eigenvalue weighted by Gasteiger charge is -2.06. The molecule has 0 amide bonds. The quantitative estimate of drug-likeness (QED) is 0.354. The SMILES string of the molecule is CSc1nc(C)c2c(C#N)cn(COCC[Si+](C)C)c2n1. The lowest BCUT2D eigenvalue weighted by Crippen LogP contribution is -2.08. The normalized spacial score (nSPS) is 10.8. The van der Waals surface area contributed by atoms with Gasteiger partial charge in [0.25, 0.3) is 0 Å². The maximum atomic E-state index is 9.28. The van der Waals surface area contributed by atoms with Gasteiger partial charge in [0, 0.05) is 6.20 Å². The Hall–Kier alpha value is -1.36. The molecule has 0 aliphatic rings. The van der Waals surface area contributed by atoms with Crippen LogP contribution in [0.4, 0.5) is 0 Å². The van der Waals surface area contributed by atoms with Crippen LogP contribution in [0.3, 0.4) is 0 Å². The number of nitriles is 1. The van der Waals surface area contributed by atoms with Crippen LogP contribution < -0.4 is 0 Å². The van der Waals surface area contributed by atoms with Gasteiger partial charge in [-0.05, 0) is 13.2 Å². The maximum Gasteiger partial charge on any atom is 0.310 e. The second kappa shape index (κ2) is 7.07. The minimum Gasteiger partial charge on any atom is -0.358 e. The fourth-order valence-corrected chi connectivity index (χ4v) is 3.01. The lowest BCUT2D eigenvalue weighted by molar-refractivity contribution is 0.0901. The second-order valence-electron chi connectivity index (χ2n) is 5.11. The Morgan fingerprint density at radius 1 is 1.43 bits per heavy atom. The van der Waals surface area contributed by atoms with Gasteiger partial charge in [0.15, 0.2) is 5.16 Å². The molecule has 110 valence electrons. The van der Waals surface area contributed by atoms with Gasteiger partial charge < -0.3 is 9.30 Å². The number of hydrogen-bond donors (Lipinski definition) is 0. The number of aryl methyl sites for hydroxylation is 1. The van der Waals surface area contributed by atoms with Crippen molar-refractivity contribution in [2.24, 2.45) is 0 Å². The standard InChI is InChI=1S/C14H19N4OSSi/c1-10-12-11(7-15)8-18(9-19-5-6-21(3)4)13(12)17-14(16-10)20-2/h8H,5-6,9H2,1-4H3/q+1. The predicted molar refractivity (Wildman–Crippen MR) is 87.0 cm³/mol. The average molecular weight is 319 g/mol. The molecule has 2 aromatic rings. The zero-order valence-electron chi connectivity index (χ0n) is 12.8. The first-order valence-corrected chi connectivity index (χ1v) is 10.7. The number of hydrogen-bond acceptors (Lipinski definition) is 5. The molecule has 0 aliphatic carbocycles. The van der Waals surface area contributed by atoms with E-state index in [2.05, 4.69) is 29.1 Å². The molecule has 0 aromatic carbocycles. The molecule has 5 nitrogen and oxygen atoms in total. The Balaban J connectivity index is 2.31. The molecule has 2 heterocycles. The molecule has 0 bridgehead atoms. The number of fused-ring (bicyclic) bond motifs is 1. The van der Waals surface area contributed by atoms with E-state index in [-0.39, 0.29) is 8.80 Å². The van der Waals surface area contributed by atoms with E-state index in [1.807, 2.05) is 17.7 Å². The van der Waals surface area contributed by atoms with Crippen LogP contribution in [0.5, 0.6) is 0 Å². The number of thioether (sulfide) groups is 1. The van der Waals surface area contributed by atoms with E-state index in [4.69, 9.17) is 4.74 Å². The molecule has 0 atom stereocenters. The highest BCUT2D eigenvalue weighted by atomic mass is 32.2. The van der Waals surface area contributed by atoms with Crippen LogP contribution in [-0.2, 0) is 11.5 Å². The molecule has 0 N–H and O–H groups in total. The molecule has 0 radical (unpaired) electrons. The van der Waals surface area contributed by atoms with Crippen molar-refractivity contribution in [1.29, 1.82) is 5.26 Å². The van der Waals surface area contributed by atoms with E-state index < -0.39 is 0 Å². The molecule has 0 unspecified atom stereocenters. The van der Waals surface area contributed by atoms with Crippen LogP contribution in [0.15, 0.2) is 11.4 Å². The summed E-state index contributed by atoms with van der Waals surface area (Å²) in [5.41, 5.74) is 2.23. The molecule has 21 heavy (non-hydrogen) atoms. The summed E-state index contributed by atoms with van der Waals surface area (Å²) < 4.78 is 7.62. The maximum absolute atomic E-state index is 9.28. The first-order chi connectivity index (χ1) is 10.1. The Kier molecular flexibility index (Phi) is 5.39. The van der Waals surface area contributed by atoms with Crippen molar-refractivity contribution in [2.75, 3.05) is 12.9 Å². The summed E-state index contributed by atoms with van der Waals surface area (Å²) >= 11 is 1.50. The zero-order chi connectivity index (χ0) is 15.4. The van der Waals surface area contributed by atoms with Crippen LogP contribution >= 0.6 is 11.8 Å². The van der Waals surface area contributed by atoms with Gasteiger partial charge in [-0.15, -0.1) is 0 Å². The van der Waals surface area contributed by atoms with Gasteiger partial charge in [-0.3, -0.25) is 0 Å². The van der Waals surface area contributed by atoms with Crippen molar-refractivity contribution in [2.45, 2.75) is 37.9 Å². The van der Waals surface area contributed by atoms with E-state index >= 15 is 0 Å². The van der Waals surface area contributed by atoms with Crippen molar-refractivity contribution in [3.63, 3.8) is 0 Å². The van der Waals surface area contributed by atoms with Crippen LogP contribution in [0.1, 0.15) is 11.3 Å². The molecule has 0 fully saturated rings. The fraction of sp³-hybridized carbons (Fsp3) is 0.500. The van der Waals surface area contributed by atoms with Gasteiger partial charge >= 0.3 is 8.80 Å². The summed E-state index contributed by atoms with van der Waals surface area (Å²) in [5.74, 6) is 0. The molecule has 7 heteroatoms. The monoisotopic (exact) mass is 319 g/mol. The largest absolute Gasteiger partial charge is 0.358 e. The summed E-state index contributed by atoms with van der Waals surface area (Å²) in [6.07, 6.45) is 3.75. The third-order valence-corrected chi connectivity index (χ3v) is 4.91. The van der Waals surface area contributed by atoms with Crippen molar-refractivity contribution in [1.82, 2.24) is 14.5 Å². The van der Waals surface area contributed by atoms with Gasteiger partial charge in [0.2, 0.25) is 0 Å². The lowest BCUT2D eigenvalue weighted by atomic mass is 10.2. The van der Waals surface area contributed by atoms with Crippen LogP contribution in [0.2, 0.25) is 19.1 Å². The minimum atomic E-state index is -0.263. The molecule has 0 saturated carbocycles. The first-order valence-electron chi connectivity index (χ1n) is 6.75. The van der Waals surface area contributed by atoms with E-state index in [0.29, 0.717) is 12.3 Å². The molecule has 0 aliphatic heterocycles. The van der Waals surface area contributed by atoms with Crippen LogP contribution in [-0.4, -0.2) is 36.2 Å². The predicted octanol–water partition coefficient (Wildman–Crippen LogP) is 3.06. The average Bonchev–Trinajstić information content (AvgIpc) is 2.81. The second-order valence-corrected chi connectivity index (χ2v) is 8.80. The van der Waals surface area contributed by atoms with Crippen molar-refractivity contribution in [3.8, 4) is 6.07 Å². The Morgan fingerprint density at radius 3 is 2.81 bits per heavy atom. The first kappa shape index (κ1) is 16.0. The highest BCUT2D eigenvalue weighted by Gasteiger charge is 2.15. The van der Waals surface area contributed by atoms with Crippen LogP contribution in [0.25, 0.3) is 11.0 Å². The molecule has 2 aromatic heterocycles. The smallest absolute Gasteiger partial charge is 0.310 e. The number of ether oxygens (including phenoxy) is 1. The van der Waals surface area contributed by atoms with Gasteiger partial charge in [0.05, 0.1) is 42.4 Å². The number of rotatable bonds is 6. The molecule has 0 saturated heterocycles. The number of nitrogens with zero attached hydrogens (tertiary/aromatic N) is 4. The summed E-state index contributed by atoms with van der Waals surface area (Å²) in [5, 5.41) is 10.8. The molecular weight excluding hydrogens is 300 g/mol. The van der Waals surface area contributed by atoms with E-state index in [1.165, 1.54) is 11.8 Å². The van der Waals surface area contributed by atoms with Gasteiger partial charge in [-0.2, -0.15) is 5.26 Å².